The molecule has 10 heavy (non-hydrogen) atoms. The molecule has 0 fully saturated rings. The van der Waals surface area contributed by atoms with Gasteiger partial charge in [0.1, 0.15) is 0 Å². The van der Waals surface area contributed by atoms with Crippen LogP contribution in [0.5, 0.6) is 0 Å². The third-order valence-corrected chi connectivity index (χ3v) is 2.79. The van der Waals surface area contributed by atoms with Gasteiger partial charge in [0.15, 0.2) is 7.28 Å². The van der Waals surface area contributed by atoms with E-state index in [1.165, 1.54) is 0 Å². The molecule has 0 bridgehead atoms. The molecule has 10 heteroatoms. The van der Waals surface area contributed by atoms with Gasteiger partial charge in [-0.05, 0) is 0 Å². The first-order chi connectivity index (χ1) is 3.25. The number of hydrogen-bond acceptors (Lipinski definition) is 5. The SMILES string of the molecule is O=P([O-])([O-])P(=O)([O-])O.[Ca+2].[Na+]. The maximum absolute atomic E-state index is 9.35. The van der Waals surface area contributed by atoms with E-state index in [4.69, 9.17) is 4.89 Å². The van der Waals surface area contributed by atoms with Gasteiger partial charge in [-0.3, -0.25) is 0 Å². The maximum atomic E-state index is 9.35. The molecule has 0 saturated carbocycles. The molecule has 0 aromatic carbocycles. The zero-order chi connectivity index (χ0) is 7.00. The number of hydrogen-bond donors (Lipinski definition) is 1. The van der Waals surface area contributed by atoms with Gasteiger partial charge in [-0.1, -0.05) is 0 Å². The molecule has 0 rings (SSSR count). The summed E-state index contributed by atoms with van der Waals surface area (Å²) in [5, 5.41) is 0. The zero-order valence-electron chi connectivity index (χ0n) is 5.09. The first-order valence-electron chi connectivity index (χ1n) is 1.31. The molecule has 0 aromatic heterocycles. The van der Waals surface area contributed by atoms with Gasteiger partial charge >= 0.3 is 67.3 Å². The standard InChI is InChI=1S/Ca.Na.H4O6P2/c;;1-7(2,3)8(4,5)6/h;;(H2,1,2,3)(H2,4,5,6)/q+2;+1;/p-3. The Bertz CT molecular complexity index is 145. The van der Waals surface area contributed by atoms with Gasteiger partial charge in [-0.25, -0.2) is 0 Å². The van der Waals surface area contributed by atoms with Gasteiger partial charge in [-0.15, -0.1) is 0 Å². The molecule has 0 radical (unpaired) electrons. The van der Waals surface area contributed by atoms with E-state index in [0.717, 1.165) is 0 Å². The second-order valence-corrected chi connectivity index (χ2v) is 5.86. The monoisotopic (exact) mass is 222 g/mol. The summed E-state index contributed by atoms with van der Waals surface area (Å²) in [5.74, 6) is 0. The first kappa shape index (κ1) is 18.4. The molecule has 0 aliphatic rings. The van der Waals surface area contributed by atoms with E-state index in [1.807, 2.05) is 0 Å². The minimum absolute atomic E-state index is 0. The van der Waals surface area contributed by atoms with Crippen LogP contribution in [0.1, 0.15) is 0 Å². The largest absolute Gasteiger partial charge is 2.00 e. The van der Waals surface area contributed by atoms with Crippen molar-refractivity contribution in [2.24, 2.45) is 0 Å². The molecule has 1 unspecified atom stereocenters. The molecule has 0 amide bonds. The Balaban J connectivity index is -0.000000245. The quantitative estimate of drug-likeness (QED) is 0.348. The first-order valence-corrected chi connectivity index (χ1v) is 5.14. The van der Waals surface area contributed by atoms with Gasteiger partial charge in [0.05, 0.1) is 0 Å². The predicted molar refractivity (Wildman–Crippen MR) is 23.2 cm³/mol. The maximum Gasteiger partial charge on any atom is 2.00 e. The number of rotatable bonds is 1. The topological polar surface area (TPSA) is 124 Å². The summed E-state index contributed by atoms with van der Waals surface area (Å²) in [7, 11) is -11.4. The van der Waals surface area contributed by atoms with Gasteiger partial charge in [0.25, 0.3) is 0 Å². The summed E-state index contributed by atoms with van der Waals surface area (Å²) in [6.07, 6.45) is 0. The van der Waals surface area contributed by atoms with Crippen molar-refractivity contribution in [3.05, 3.63) is 0 Å². The Morgan fingerprint density at radius 3 is 1.20 bits per heavy atom. The van der Waals surface area contributed by atoms with Crippen molar-refractivity contribution >= 4 is 52.3 Å². The smallest absolute Gasteiger partial charge is 0.805 e. The second-order valence-electron chi connectivity index (χ2n) is 0.959. The third kappa shape index (κ3) is 7.22. The van der Waals surface area contributed by atoms with Gasteiger partial charge < -0.3 is 28.7 Å². The molecule has 0 saturated heterocycles. The van der Waals surface area contributed by atoms with E-state index < -0.39 is 14.6 Å². The summed E-state index contributed by atoms with van der Waals surface area (Å²) in [4.78, 5) is 35.4. The Morgan fingerprint density at radius 2 is 1.20 bits per heavy atom. The average Bonchev–Trinajstić information content (AvgIpc) is 1.25. The van der Waals surface area contributed by atoms with E-state index >= 15 is 0 Å². The predicted octanol–water partition coefficient (Wildman–Crippen LogP) is -6.02. The van der Waals surface area contributed by atoms with Crippen LogP contribution in [0.25, 0.3) is 0 Å². The minimum atomic E-state index is -5.79. The fraction of sp³-hybridized carbons (Fsp3) is 0. The summed E-state index contributed by atoms with van der Waals surface area (Å²) < 4.78 is 18.6. The summed E-state index contributed by atoms with van der Waals surface area (Å²) in [5.41, 5.74) is 0. The molecule has 0 aliphatic carbocycles. The zero-order valence-corrected chi connectivity index (χ0v) is 11.1. The van der Waals surface area contributed by atoms with Crippen molar-refractivity contribution in [3.8, 4) is 0 Å². The van der Waals surface area contributed by atoms with Crippen LogP contribution in [0, 0.1) is 0 Å². The summed E-state index contributed by atoms with van der Waals surface area (Å²) >= 11 is 0. The van der Waals surface area contributed by atoms with Crippen molar-refractivity contribution in [2.45, 2.75) is 0 Å². The van der Waals surface area contributed by atoms with Crippen LogP contribution in [0.3, 0.4) is 0 Å². The van der Waals surface area contributed by atoms with Crippen LogP contribution in [0.2, 0.25) is 0 Å². The molecular weight excluding hydrogens is 221 g/mol. The molecule has 0 aromatic rings. The van der Waals surface area contributed by atoms with Gasteiger partial charge in [-0.2, -0.15) is 0 Å². The van der Waals surface area contributed by atoms with Crippen molar-refractivity contribution in [3.63, 3.8) is 0 Å². The van der Waals surface area contributed by atoms with Crippen LogP contribution in [0.15, 0.2) is 0 Å². The Kier molecular flexibility index (Phi) is 11.2. The minimum Gasteiger partial charge on any atom is -0.805 e. The second kappa shape index (κ2) is 6.08. The molecule has 6 nitrogen and oxygen atoms in total. The van der Waals surface area contributed by atoms with Crippen LogP contribution >= 0.6 is 14.6 Å². The van der Waals surface area contributed by atoms with Crippen LogP contribution < -0.4 is 44.2 Å². The third-order valence-electron chi connectivity index (χ3n) is 0.310. The molecule has 0 aliphatic heterocycles. The Morgan fingerprint density at radius 1 is 1.10 bits per heavy atom. The van der Waals surface area contributed by atoms with Gasteiger partial charge in [0.2, 0.25) is 0 Å². The Labute approximate surface area is 109 Å². The van der Waals surface area contributed by atoms with Crippen LogP contribution in [-0.4, -0.2) is 42.6 Å². The van der Waals surface area contributed by atoms with Crippen molar-refractivity contribution in [1.82, 2.24) is 0 Å². The summed E-state index contributed by atoms with van der Waals surface area (Å²) in [6.45, 7) is 0. The van der Waals surface area contributed by atoms with E-state index in [1.54, 1.807) is 0 Å². The van der Waals surface area contributed by atoms with Crippen LogP contribution in [0.4, 0.5) is 0 Å². The van der Waals surface area contributed by atoms with E-state index in [2.05, 4.69) is 0 Å². The van der Waals surface area contributed by atoms with E-state index in [0.29, 0.717) is 0 Å². The molecule has 1 atom stereocenters. The molecule has 1 N–H and O–H groups in total. The van der Waals surface area contributed by atoms with Crippen molar-refractivity contribution in [1.29, 1.82) is 0 Å². The Hall–Kier alpha value is 2.56. The molecule has 50 valence electrons. The van der Waals surface area contributed by atoms with Gasteiger partial charge in [0, 0.05) is 7.28 Å². The van der Waals surface area contributed by atoms with E-state index in [-0.39, 0.29) is 67.3 Å². The normalized spacial score (nSPS) is 16.0. The molecule has 0 spiro atoms. The summed E-state index contributed by atoms with van der Waals surface area (Å²) in [6, 6.07) is 0. The molecule has 0 heterocycles. The fourth-order valence-corrected chi connectivity index (χ4v) is 0. The van der Waals surface area contributed by atoms with E-state index in [9.17, 15) is 23.8 Å². The fourth-order valence-electron chi connectivity index (χ4n) is 0. The van der Waals surface area contributed by atoms with Crippen molar-refractivity contribution in [2.75, 3.05) is 0 Å². The van der Waals surface area contributed by atoms with Crippen molar-refractivity contribution < 1.29 is 58.3 Å². The molecular formula is HCaNaO6P2. The van der Waals surface area contributed by atoms with Crippen LogP contribution in [-0.2, 0) is 9.13 Å². The average molecular weight is 222 g/mol.